The molecule has 0 amide bonds. The molecule has 0 saturated heterocycles. The van der Waals surface area contributed by atoms with E-state index in [1.165, 1.54) is 18.4 Å². The van der Waals surface area contributed by atoms with Gasteiger partial charge in [0.15, 0.2) is 11.5 Å². The van der Waals surface area contributed by atoms with Gasteiger partial charge in [0, 0.05) is 19.0 Å². The Bertz CT molecular complexity index is 622. The Labute approximate surface area is 139 Å². The summed E-state index contributed by atoms with van der Waals surface area (Å²) in [5, 5.41) is 0. The quantitative estimate of drug-likeness (QED) is 0.588. The molecule has 1 unspecified atom stereocenters. The normalized spacial score (nSPS) is 17.0. The third-order valence-electron chi connectivity index (χ3n) is 4.22. The fraction of sp³-hybridized carbons (Fsp3) is 0.500. The van der Waals surface area contributed by atoms with Gasteiger partial charge in [0.1, 0.15) is 0 Å². The van der Waals surface area contributed by atoms with E-state index in [4.69, 9.17) is 9.47 Å². The third kappa shape index (κ3) is 4.09. The number of nitrogens with zero attached hydrogens (tertiary/aromatic N) is 1. The van der Waals surface area contributed by atoms with E-state index in [2.05, 4.69) is 49.3 Å². The van der Waals surface area contributed by atoms with Gasteiger partial charge in [0.25, 0.3) is 0 Å². The van der Waals surface area contributed by atoms with E-state index in [9.17, 15) is 0 Å². The molecule has 3 nitrogen and oxygen atoms in total. The molecule has 1 aromatic rings. The molecule has 3 rings (SSSR count). The van der Waals surface area contributed by atoms with E-state index in [0.29, 0.717) is 18.6 Å². The molecule has 1 aliphatic heterocycles. The average Bonchev–Trinajstić information content (AvgIpc) is 3.23. The lowest BCUT2D eigenvalue weighted by atomic mass is 10.0. The van der Waals surface area contributed by atoms with E-state index < -0.39 is 0 Å². The highest BCUT2D eigenvalue weighted by Gasteiger charge is 2.23. The van der Waals surface area contributed by atoms with E-state index in [1.54, 1.807) is 0 Å². The van der Waals surface area contributed by atoms with Crippen molar-refractivity contribution in [2.24, 2.45) is 11.8 Å². The Balaban J connectivity index is 1.76. The van der Waals surface area contributed by atoms with Crippen LogP contribution in [0, 0.1) is 23.7 Å². The summed E-state index contributed by atoms with van der Waals surface area (Å²) in [5.74, 6) is 9.73. The first-order valence-electron chi connectivity index (χ1n) is 8.42. The minimum Gasteiger partial charge on any atom is -0.454 e. The van der Waals surface area contributed by atoms with Gasteiger partial charge in [-0.2, -0.15) is 0 Å². The third-order valence-corrected chi connectivity index (χ3v) is 4.22. The number of benzene rings is 1. The summed E-state index contributed by atoms with van der Waals surface area (Å²) in [7, 11) is 0. The van der Waals surface area contributed by atoms with Crippen molar-refractivity contribution in [2.45, 2.75) is 39.3 Å². The van der Waals surface area contributed by atoms with Crippen molar-refractivity contribution in [3.05, 3.63) is 36.4 Å². The van der Waals surface area contributed by atoms with Gasteiger partial charge in [-0.3, -0.25) is 4.90 Å². The molecular weight excluding hydrogens is 286 g/mol. The highest BCUT2D eigenvalue weighted by molar-refractivity contribution is 5.44. The van der Waals surface area contributed by atoms with Gasteiger partial charge in [0.2, 0.25) is 6.79 Å². The molecular formula is C20H25NO2. The maximum absolute atomic E-state index is 5.49. The van der Waals surface area contributed by atoms with Gasteiger partial charge >= 0.3 is 0 Å². The lowest BCUT2D eigenvalue weighted by Crippen LogP contribution is -2.37. The Kier molecular flexibility index (Phi) is 4.93. The first-order chi connectivity index (χ1) is 11.2. The van der Waals surface area contributed by atoms with Gasteiger partial charge < -0.3 is 9.47 Å². The molecule has 1 aromatic carbocycles. The first kappa shape index (κ1) is 16.0. The molecule has 1 fully saturated rings. The Morgan fingerprint density at radius 2 is 2.09 bits per heavy atom. The summed E-state index contributed by atoms with van der Waals surface area (Å²) in [6.07, 6.45) is 4.49. The van der Waals surface area contributed by atoms with Gasteiger partial charge in [-0.25, -0.2) is 0 Å². The standard InChI is InChI=1S/C20H25NO2/c1-4-11-21(18(15(2)3)9-7-16-5-6-16)13-17-8-10-19-20(12-17)23-14-22-19/h4,8,10,12,15-16,18H,1,5-6,11,13-14H2,2-3H3. The van der Waals surface area contributed by atoms with Gasteiger partial charge in [-0.1, -0.05) is 37.8 Å². The summed E-state index contributed by atoms with van der Waals surface area (Å²) in [4.78, 5) is 2.39. The fourth-order valence-corrected chi connectivity index (χ4v) is 2.83. The molecule has 1 aliphatic carbocycles. The summed E-state index contributed by atoms with van der Waals surface area (Å²) < 4.78 is 10.9. The molecule has 122 valence electrons. The van der Waals surface area contributed by atoms with Crippen LogP contribution >= 0.6 is 0 Å². The molecule has 1 atom stereocenters. The summed E-state index contributed by atoms with van der Waals surface area (Å²) >= 11 is 0. The van der Waals surface area contributed by atoms with Crippen molar-refractivity contribution >= 4 is 0 Å². The van der Waals surface area contributed by atoms with Crippen LogP contribution in [0.15, 0.2) is 30.9 Å². The van der Waals surface area contributed by atoms with E-state index >= 15 is 0 Å². The topological polar surface area (TPSA) is 21.7 Å². The summed E-state index contributed by atoms with van der Waals surface area (Å²) in [6, 6.07) is 6.42. The van der Waals surface area contributed by atoms with Crippen LogP contribution in [0.2, 0.25) is 0 Å². The first-order valence-corrected chi connectivity index (χ1v) is 8.42. The highest BCUT2D eigenvalue weighted by atomic mass is 16.7. The van der Waals surface area contributed by atoms with Gasteiger partial charge in [-0.15, -0.1) is 6.58 Å². The maximum atomic E-state index is 5.49. The number of fused-ring (bicyclic) bond motifs is 1. The second-order valence-electron chi connectivity index (χ2n) is 6.66. The van der Waals surface area contributed by atoms with Crippen LogP contribution in [0.25, 0.3) is 0 Å². The van der Waals surface area contributed by atoms with Crippen molar-refractivity contribution in [1.29, 1.82) is 0 Å². The van der Waals surface area contributed by atoms with Crippen molar-refractivity contribution in [3.8, 4) is 23.3 Å². The van der Waals surface area contributed by atoms with E-state index in [1.807, 2.05) is 12.1 Å². The van der Waals surface area contributed by atoms with Crippen LogP contribution in [0.5, 0.6) is 11.5 Å². The van der Waals surface area contributed by atoms with Crippen LogP contribution in [-0.4, -0.2) is 24.3 Å². The largest absolute Gasteiger partial charge is 0.454 e. The zero-order valence-electron chi connectivity index (χ0n) is 14.0. The smallest absolute Gasteiger partial charge is 0.231 e. The van der Waals surface area contributed by atoms with Crippen LogP contribution in [0.3, 0.4) is 0 Å². The number of ether oxygens (including phenoxy) is 2. The minimum atomic E-state index is 0.249. The molecule has 0 radical (unpaired) electrons. The monoisotopic (exact) mass is 311 g/mol. The van der Waals surface area contributed by atoms with Gasteiger partial charge in [0.05, 0.1) is 6.04 Å². The molecule has 0 aromatic heterocycles. The van der Waals surface area contributed by atoms with Crippen molar-refractivity contribution < 1.29 is 9.47 Å². The van der Waals surface area contributed by atoms with Crippen LogP contribution in [-0.2, 0) is 6.54 Å². The zero-order chi connectivity index (χ0) is 16.2. The molecule has 0 spiro atoms. The van der Waals surface area contributed by atoms with E-state index in [0.717, 1.165) is 24.6 Å². The lowest BCUT2D eigenvalue weighted by Gasteiger charge is -2.30. The Morgan fingerprint density at radius 1 is 1.30 bits per heavy atom. The molecule has 1 heterocycles. The van der Waals surface area contributed by atoms with Crippen LogP contribution in [0.1, 0.15) is 32.3 Å². The summed E-state index contributed by atoms with van der Waals surface area (Å²) in [6.45, 7) is 10.4. The predicted molar refractivity (Wildman–Crippen MR) is 92.3 cm³/mol. The second-order valence-corrected chi connectivity index (χ2v) is 6.66. The predicted octanol–water partition coefficient (Wildman–Crippen LogP) is 3.84. The molecule has 2 aliphatic rings. The Morgan fingerprint density at radius 3 is 2.78 bits per heavy atom. The number of hydrogen-bond donors (Lipinski definition) is 0. The molecule has 0 bridgehead atoms. The van der Waals surface area contributed by atoms with Crippen molar-refractivity contribution in [3.63, 3.8) is 0 Å². The zero-order valence-corrected chi connectivity index (χ0v) is 14.0. The molecule has 23 heavy (non-hydrogen) atoms. The minimum absolute atomic E-state index is 0.249. The lowest BCUT2D eigenvalue weighted by molar-refractivity contribution is 0.173. The number of hydrogen-bond acceptors (Lipinski definition) is 3. The Hall–Kier alpha value is -1.92. The second kappa shape index (κ2) is 7.10. The van der Waals surface area contributed by atoms with Crippen molar-refractivity contribution in [1.82, 2.24) is 4.90 Å². The molecule has 1 saturated carbocycles. The fourth-order valence-electron chi connectivity index (χ4n) is 2.83. The van der Waals surface area contributed by atoms with E-state index in [-0.39, 0.29) is 6.04 Å². The number of rotatable bonds is 6. The maximum Gasteiger partial charge on any atom is 0.231 e. The average molecular weight is 311 g/mol. The highest BCUT2D eigenvalue weighted by Crippen LogP contribution is 2.33. The summed E-state index contributed by atoms with van der Waals surface area (Å²) in [5.41, 5.74) is 1.22. The SMILES string of the molecule is C=CCN(Cc1ccc2c(c1)OCO2)C(C#CC1CC1)C(C)C. The molecule has 3 heteroatoms. The van der Waals surface area contributed by atoms with Crippen molar-refractivity contribution in [2.75, 3.05) is 13.3 Å². The molecule has 0 N–H and O–H groups in total. The van der Waals surface area contributed by atoms with Gasteiger partial charge in [-0.05, 0) is 36.5 Å². The van der Waals surface area contributed by atoms with Crippen LogP contribution in [0.4, 0.5) is 0 Å². The van der Waals surface area contributed by atoms with Crippen LogP contribution < -0.4 is 9.47 Å².